The lowest BCUT2D eigenvalue weighted by molar-refractivity contribution is -0.384. The first kappa shape index (κ1) is 17.3. The van der Waals surface area contributed by atoms with Crippen molar-refractivity contribution in [2.45, 2.75) is 6.18 Å². The molecule has 0 saturated carbocycles. The maximum atomic E-state index is 12.8. The number of halogens is 3. The van der Waals surface area contributed by atoms with Crippen LogP contribution in [0.1, 0.15) is 5.56 Å². The van der Waals surface area contributed by atoms with Crippen LogP contribution >= 0.6 is 0 Å². The normalized spacial score (nSPS) is 11.0. The van der Waals surface area contributed by atoms with Gasteiger partial charge in [0.2, 0.25) is 0 Å². The molecule has 6 nitrogen and oxygen atoms in total. The number of benzene rings is 2. The summed E-state index contributed by atoms with van der Waals surface area (Å²) in [4.78, 5) is 21.6. The average molecular weight is 340 g/mol. The molecule has 2 aromatic carbocycles. The molecule has 2 aromatic rings. The molecule has 0 aliphatic rings. The van der Waals surface area contributed by atoms with Gasteiger partial charge in [0.25, 0.3) is 11.6 Å². The Balaban J connectivity index is 1.98. The maximum absolute atomic E-state index is 12.8. The molecule has 0 atom stereocenters. The van der Waals surface area contributed by atoms with Crippen LogP contribution in [-0.2, 0) is 11.0 Å². The minimum Gasteiger partial charge on any atom is -0.484 e. The summed E-state index contributed by atoms with van der Waals surface area (Å²) in [6.45, 7) is -0.538. The molecule has 1 N–H and O–H groups in total. The lowest BCUT2D eigenvalue weighted by atomic mass is 10.1. The van der Waals surface area contributed by atoms with Crippen molar-refractivity contribution in [1.29, 1.82) is 0 Å². The number of nitrogens with one attached hydrogen (secondary N) is 1. The number of para-hydroxylation sites is 1. The van der Waals surface area contributed by atoms with Gasteiger partial charge in [-0.05, 0) is 24.3 Å². The number of anilines is 1. The fraction of sp³-hybridized carbons (Fsp3) is 0.133. The Kier molecular flexibility index (Phi) is 5.02. The predicted octanol–water partition coefficient (Wildman–Crippen LogP) is 3.63. The molecular weight excluding hydrogens is 329 g/mol. The minimum absolute atomic E-state index is 0.147. The van der Waals surface area contributed by atoms with Crippen molar-refractivity contribution in [2.24, 2.45) is 0 Å². The van der Waals surface area contributed by atoms with E-state index in [1.165, 1.54) is 36.4 Å². The van der Waals surface area contributed by atoms with Gasteiger partial charge in [0.15, 0.2) is 6.61 Å². The number of ether oxygens (including phenoxy) is 1. The Morgan fingerprint density at radius 3 is 2.33 bits per heavy atom. The second-order valence-corrected chi connectivity index (χ2v) is 4.63. The molecule has 0 spiro atoms. The number of rotatable bonds is 5. The molecule has 0 unspecified atom stereocenters. The lowest BCUT2D eigenvalue weighted by Gasteiger charge is -2.13. The van der Waals surface area contributed by atoms with Crippen molar-refractivity contribution in [2.75, 3.05) is 11.9 Å². The first-order chi connectivity index (χ1) is 11.3. The molecule has 0 aromatic heterocycles. The van der Waals surface area contributed by atoms with Gasteiger partial charge in [-0.1, -0.05) is 12.1 Å². The monoisotopic (exact) mass is 340 g/mol. The molecular formula is C15H11F3N2O4. The molecule has 24 heavy (non-hydrogen) atoms. The third kappa shape index (κ3) is 4.45. The second-order valence-electron chi connectivity index (χ2n) is 4.63. The zero-order chi connectivity index (χ0) is 17.7. The molecule has 0 saturated heterocycles. The van der Waals surface area contributed by atoms with E-state index in [4.69, 9.17) is 4.74 Å². The van der Waals surface area contributed by atoms with Crippen LogP contribution in [0.5, 0.6) is 5.75 Å². The van der Waals surface area contributed by atoms with E-state index in [1.807, 2.05) is 0 Å². The van der Waals surface area contributed by atoms with Crippen molar-refractivity contribution in [1.82, 2.24) is 0 Å². The third-order valence-corrected chi connectivity index (χ3v) is 2.92. The summed E-state index contributed by atoms with van der Waals surface area (Å²) in [5, 5.41) is 12.6. The molecule has 9 heteroatoms. The van der Waals surface area contributed by atoms with Crippen molar-refractivity contribution in [3.63, 3.8) is 0 Å². The quantitative estimate of drug-likeness (QED) is 0.666. The van der Waals surface area contributed by atoms with E-state index in [2.05, 4.69) is 5.32 Å². The van der Waals surface area contributed by atoms with Crippen LogP contribution < -0.4 is 10.1 Å². The lowest BCUT2D eigenvalue weighted by Crippen LogP contribution is -2.22. The van der Waals surface area contributed by atoms with Crippen molar-refractivity contribution in [3.8, 4) is 5.75 Å². The summed E-state index contributed by atoms with van der Waals surface area (Å²) in [7, 11) is 0. The smallest absolute Gasteiger partial charge is 0.418 e. The molecule has 0 bridgehead atoms. The Labute approximate surface area is 134 Å². The minimum atomic E-state index is -4.59. The molecule has 1 amide bonds. The van der Waals surface area contributed by atoms with Gasteiger partial charge in [0.05, 0.1) is 16.2 Å². The van der Waals surface area contributed by atoms with E-state index in [0.717, 1.165) is 12.1 Å². The Hall–Kier alpha value is -3.10. The van der Waals surface area contributed by atoms with E-state index in [0.29, 0.717) is 0 Å². The number of hydrogen-bond acceptors (Lipinski definition) is 4. The zero-order valence-corrected chi connectivity index (χ0v) is 12.0. The van der Waals surface area contributed by atoms with E-state index in [-0.39, 0.29) is 17.1 Å². The Morgan fingerprint density at radius 2 is 1.75 bits per heavy atom. The number of amides is 1. The first-order valence-electron chi connectivity index (χ1n) is 6.60. The van der Waals surface area contributed by atoms with Gasteiger partial charge in [0, 0.05) is 12.1 Å². The molecule has 0 aliphatic carbocycles. The van der Waals surface area contributed by atoms with Gasteiger partial charge < -0.3 is 10.1 Å². The van der Waals surface area contributed by atoms with Crippen LogP contribution in [0.25, 0.3) is 0 Å². The summed E-state index contributed by atoms with van der Waals surface area (Å²) in [5.74, 6) is -0.607. The molecule has 2 rings (SSSR count). The number of carbonyl (C=O) groups excluding carboxylic acids is 1. The zero-order valence-electron chi connectivity index (χ0n) is 12.0. The average Bonchev–Trinajstić information content (AvgIpc) is 2.53. The first-order valence-corrected chi connectivity index (χ1v) is 6.60. The van der Waals surface area contributed by atoms with Crippen LogP contribution in [0, 0.1) is 10.1 Å². The fourth-order valence-electron chi connectivity index (χ4n) is 1.84. The number of nitrogens with zero attached hydrogens (tertiary/aromatic N) is 1. The highest BCUT2D eigenvalue weighted by molar-refractivity contribution is 5.92. The topological polar surface area (TPSA) is 81.5 Å². The van der Waals surface area contributed by atoms with Crippen LogP contribution in [0.4, 0.5) is 24.5 Å². The van der Waals surface area contributed by atoms with E-state index < -0.39 is 29.2 Å². The van der Waals surface area contributed by atoms with Crippen LogP contribution in [0.15, 0.2) is 48.5 Å². The Bertz CT molecular complexity index is 745. The molecule has 0 aliphatic heterocycles. The van der Waals surface area contributed by atoms with Crippen molar-refractivity contribution >= 4 is 17.3 Å². The summed E-state index contributed by atoms with van der Waals surface area (Å²) in [6.07, 6.45) is -4.59. The number of non-ortho nitro benzene ring substituents is 1. The van der Waals surface area contributed by atoms with Gasteiger partial charge in [-0.2, -0.15) is 13.2 Å². The molecule has 0 heterocycles. The number of hydrogen-bond donors (Lipinski definition) is 1. The van der Waals surface area contributed by atoms with Gasteiger partial charge in [0.1, 0.15) is 5.75 Å². The van der Waals surface area contributed by atoms with E-state index in [9.17, 15) is 28.1 Å². The number of nitro groups is 1. The highest BCUT2D eigenvalue weighted by Crippen LogP contribution is 2.34. The summed E-state index contributed by atoms with van der Waals surface area (Å²) in [6, 6.07) is 9.51. The van der Waals surface area contributed by atoms with E-state index >= 15 is 0 Å². The largest absolute Gasteiger partial charge is 0.484 e. The van der Waals surface area contributed by atoms with Gasteiger partial charge >= 0.3 is 6.18 Å². The van der Waals surface area contributed by atoms with E-state index in [1.54, 1.807) is 0 Å². The maximum Gasteiger partial charge on any atom is 0.418 e. The van der Waals surface area contributed by atoms with Crippen LogP contribution in [-0.4, -0.2) is 17.4 Å². The van der Waals surface area contributed by atoms with Crippen LogP contribution in [0.3, 0.4) is 0 Å². The molecule has 0 fully saturated rings. The summed E-state index contributed by atoms with van der Waals surface area (Å²) >= 11 is 0. The number of alkyl halides is 3. The van der Waals surface area contributed by atoms with Crippen LogP contribution in [0.2, 0.25) is 0 Å². The van der Waals surface area contributed by atoms with Gasteiger partial charge in [-0.15, -0.1) is 0 Å². The SMILES string of the molecule is O=C(COc1ccc([N+](=O)[O-])cc1)Nc1ccccc1C(F)(F)F. The van der Waals surface area contributed by atoms with Crippen molar-refractivity contribution in [3.05, 3.63) is 64.2 Å². The standard InChI is InChI=1S/C15H11F3N2O4/c16-15(17,18)12-3-1-2-4-13(12)19-14(21)9-24-11-7-5-10(6-8-11)20(22)23/h1-8H,9H2,(H,19,21). The number of nitro benzene ring substituents is 1. The molecule has 0 radical (unpaired) electrons. The number of carbonyl (C=O) groups is 1. The fourth-order valence-corrected chi connectivity index (χ4v) is 1.84. The summed E-state index contributed by atoms with van der Waals surface area (Å²) in [5.41, 5.74) is -1.48. The highest BCUT2D eigenvalue weighted by atomic mass is 19.4. The second kappa shape index (κ2) is 6.99. The van der Waals surface area contributed by atoms with Gasteiger partial charge in [-0.3, -0.25) is 14.9 Å². The van der Waals surface area contributed by atoms with Gasteiger partial charge in [-0.25, -0.2) is 0 Å². The summed E-state index contributed by atoms with van der Waals surface area (Å²) < 4.78 is 43.5. The third-order valence-electron chi connectivity index (χ3n) is 2.92. The predicted molar refractivity (Wildman–Crippen MR) is 78.7 cm³/mol. The molecule has 126 valence electrons. The Morgan fingerprint density at radius 1 is 1.12 bits per heavy atom. The van der Waals surface area contributed by atoms with Crippen molar-refractivity contribution < 1.29 is 27.6 Å². The highest BCUT2D eigenvalue weighted by Gasteiger charge is 2.33.